The van der Waals surface area contributed by atoms with E-state index in [4.69, 9.17) is 19.0 Å². The predicted octanol–water partition coefficient (Wildman–Crippen LogP) is 3.85. The monoisotopic (exact) mass is 414 g/mol. The van der Waals surface area contributed by atoms with E-state index in [0.717, 1.165) is 12.5 Å². The number of hydrogen-bond acceptors (Lipinski definition) is 6. The standard InChI is InChI=1S/C19H21F3N2O5/c1-3-5-17(25)29-24-13(11-16(23-24)19(20,21)22)12-7-8-14(26-2)15(10-12)28-18-6-4-9-27-18/h7-8,10-11,18H,3-6,9H2,1-2H3. The van der Waals surface area contributed by atoms with Crippen LogP contribution in [0.4, 0.5) is 13.2 Å². The molecule has 2 aromatic rings. The van der Waals surface area contributed by atoms with E-state index in [1.54, 1.807) is 13.0 Å². The third-order valence-electron chi connectivity index (χ3n) is 4.22. The van der Waals surface area contributed by atoms with Gasteiger partial charge in [-0.2, -0.15) is 13.2 Å². The molecule has 0 spiro atoms. The van der Waals surface area contributed by atoms with Crippen LogP contribution >= 0.6 is 0 Å². The smallest absolute Gasteiger partial charge is 0.435 e. The third kappa shape index (κ3) is 5.00. The van der Waals surface area contributed by atoms with Crippen molar-refractivity contribution in [2.45, 2.75) is 45.1 Å². The van der Waals surface area contributed by atoms with E-state index >= 15 is 0 Å². The zero-order chi connectivity index (χ0) is 21.0. The summed E-state index contributed by atoms with van der Waals surface area (Å²) in [4.78, 5) is 17.4. The van der Waals surface area contributed by atoms with Crippen molar-refractivity contribution < 1.29 is 37.0 Å². The van der Waals surface area contributed by atoms with Crippen LogP contribution in [0, 0.1) is 0 Å². The molecule has 1 aliphatic rings. The summed E-state index contributed by atoms with van der Waals surface area (Å²) in [5.74, 6) is 0.0161. The van der Waals surface area contributed by atoms with E-state index in [9.17, 15) is 18.0 Å². The highest BCUT2D eigenvalue weighted by atomic mass is 19.4. The van der Waals surface area contributed by atoms with Crippen LogP contribution in [-0.4, -0.2) is 35.9 Å². The fourth-order valence-electron chi connectivity index (χ4n) is 2.82. The Bertz CT molecular complexity index is 860. The van der Waals surface area contributed by atoms with E-state index in [2.05, 4.69) is 5.10 Å². The minimum absolute atomic E-state index is 0.0402. The highest BCUT2D eigenvalue weighted by Crippen LogP contribution is 2.36. The van der Waals surface area contributed by atoms with E-state index < -0.39 is 24.1 Å². The van der Waals surface area contributed by atoms with Crippen LogP contribution in [0.25, 0.3) is 11.3 Å². The number of benzene rings is 1. The van der Waals surface area contributed by atoms with Gasteiger partial charge >= 0.3 is 12.1 Å². The van der Waals surface area contributed by atoms with Crippen LogP contribution in [0.5, 0.6) is 11.5 Å². The molecule has 1 unspecified atom stereocenters. The summed E-state index contributed by atoms with van der Waals surface area (Å²) in [5.41, 5.74) is -0.901. The number of nitrogens with zero attached hydrogens (tertiary/aromatic N) is 2. The fourth-order valence-corrected chi connectivity index (χ4v) is 2.82. The molecule has 0 saturated carbocycles. The molecular weight excluding hydrogens is 393 g/mol. The van der Waals surface area contributed by atoms with Crippen molar-refractivity contribution in [2.24, 2.45) is 0 Å². The number of rotatable bonds is 7. The molecule has 7 nitrogen and oxygen atoms in total. The summed E-state index contributed by atoms with van der Waals surface area (Å²) >= 11 is 0. The zero-order valence-electron chi connectivity index (χ0n) is 16.0. The maximum Gasteiger partial charge on any atom is 0.435 e. The van der Waals surface area contributed by atoms with Crippen LogP contribution in [-0.2, 0) is 15.7 Å². The third-order valence-corrected chi connectivity index (χ3v) is 4.22. The summed E-state index contributed by atoms with van der Waals surface area (Å²) < 4.78 is 56.0. The zero-order valence-corrected chi connectivity index (χ0v) is 16.0. The van der Waals surface area contributed by atoms with Gasteiger partial charge in [0.15, 0.2) is 23.5 Å². The van der Waals surface area contributed by atoms with Gasteiger partial charge in [0.05, 0.1) is 13.7 Å². The van der Waals surface area contributed by atoms with Gasteiger partial charge in [0.1, 0.15) is 5.69 Å². The van der Waals surface area contributed by atoms with Crippen LogP contribution in [0.2, 0.25) is 0 Å². The lowest BCUT2D eigenvalue weighted by Gasteiger charge is -2.16. The second-order valence-corrected chi connectivity index (χ2v) is 6.42. The minimum Gasteiger partial charge on any atom is -0.493 e. The molecule has 0 amide bonds. The molecule has 1 fully saturated rings. The van der Waals surface area contributed by atoms with Crippen molar-refractivity contribution in [3.8, 4) is 22.8 Å². The topological polar surface area (TPSA) is 71.8 Å². The normalized spacial score (nSPS) is 16.7. The number of alkyl halides is 3. The Kier molecular flexibility index (Phi) is 6.31. The Balaban J connectivity index is 1.99. The van der Waals surface area contributed by atoms with Crippen molar-refractivity contribution >= 4 is 5.97 Å². The molecule has 10 heteroatoms. The van der Waals surface area contributed by atoms with Gasteiger partial charge in [-0.05, 0) is 31.0 Å². The lowest BCUT2D eigenvalue weighted by molar-refractivity contribution is -0.150. The largest absolute Gasteiger partial charge is 0.493 e. The SMILES string of the molecule is CCCC(=O)On1nc(C(F)(F)F)cc1-c1ccc(OC)c(OC2CCCO2)c1. The van der Waals surface area contributed by atoms with Gasteiger partial charge in [-0.25, -0.2) is 4.79 Å². The molecular formula is C19H21F3N2O5. The summed E-state index contributed by atoms with van der Waals surface area (Å²) in [5, 5.41) is 3.41. The second-order valence-electron chi connectivity index (χ2n) is 6.42. The van der Waals surface area contributed by atoms with Crippen molar-refractivity contribution in [3.05, 3.63) is 30.0 Å². The maximum atomic E-state index is 13.2. The van der Waals surface area contributed by atoms with Gasteiger partial charge in [0.25, 0.3) is 0 Å². The molecule has 0 aliphatic carbocycles. The molecule has 0 N–H and O–H groups in total. The number of carbonyl (C=O) groups excluding carboxylic acids is 1. The summed E-state index contributed by atoms with van der Waals surface area (Å²) in [6, 6.07) is 5.40. The van der Waals surface area contributed by atoms with Gasteiger partial charge in [-0.15, -0.1) is 5.10 Å². The molecule has 1 aliphatic heterocycles. The molecule has 1 saturated heterocycles. The van der Waals surface area contributed by atoms with Gasteiger partial charge in [0, 0.05) is 24.5 Å². The first-order valence-corrected chi connectivity index (χ1v) is 9.17. The number of carbonyl (C=O) groups is 1. The van der Waals surface area contributed by atoms with Crippen LogP contribution < -0.4 is 14.3 Å². The van der Waals surface area contributed by atoms with Crippen molar-refractivity contribution in [2.75, 3.05) is 13.7 Å². The number of methoxy groups -OCH3 is 1. The minimum atomic E-state index is -4.69. The first-order valence-electron chi connectivity index (χ1n) is 9.17. The highest BCUT2D eigenvalue weighted by Gasteiger charge is 2.36. The van der Waals surface area contributed by atoms with E-state index in [1.807, 2.05) is 0 Å². The van der Waals surface area contributed by atoms with Crippen LogP contribution in [0.1, 0.15) is 38.3 Å². The van der Waals surface area contributed by atoms with Crippen molar-refractivity contribution in [1.82, 2.24) is 9.94 Å². The summed E-state index contributed by atoms with van der Waals surface area (Å²) in [6.45, 7) is 2.33. The molecule has 29 heavy (non-hydrogen) atoms. The van der Waals surface area contributed by atoms with Gasteiger partial charge in [-0.1, -0.05) is 11.8 Å². The number of halogens is 3. The Morgan fingerprint density at radius 1 is 1.31 bits per heavy atom. The van der Waals surface area contributed by atoms with Crippen molar-refractivity contribution in [1.29, 1.82) is 0 Å². The molecule has 2 heterocycles. The van der Waals surface area contributed by atoms with Crippen LogP contribution in [0.15, 0.2) is 24.3 Å². The average molecular weight is 414 g/mol. The van der Waals surface area contributed by atoms with E-state index in [1.165, 1.54) is 19.2 Å². The lowest BCUT2D eigenvalue weighted by Crippen LogP contribution is -2.22. The Morgan fingerprint density at radius 2 is 2.10 bits per heavy atom. The molecule has 158 valence electrons. The van der Waals surface area contributed by atoms with Crippen LogP contribution in [0.3, 0.4) is 0 Å². The quantitative estimate of drug-likeness (QED) is 0.686. The number of ether oxygens (including phenoxy) is 3. The first-order chi connectivity index (χ1) is 13.8. The second kappa shape index (κ2) is 8.73. The summed E-state index contributed by atoms with van der Waals surface area (Å²) in [7, 11) is 1.45. The number of hydrogen-bond donors (Lipinski definition) is 0. The first kappa shape index (κ1) is 21.0. The average Bonchev–Trinajstić information content (AvgIpc) is 3.31. The molecule has 0 radical (unpaired) electrons. The maximum absolute atomic E-state index is 13.2. The Morgan fingerprint density at radius 3 is 2.72 bits per heavy atom. The van der Waals surface area contributed by atoms with Gasteiger partial charge in [-0.3, -0.25) is 0 Å². The number of aromatic nitrogens is 2. The lowest BCUT2D eigenvalue weighted by atomic mass is 10.1. The Hall–Kier alpha value is -2.75. The fraction of sp³-hybridized carbons (Fsp3) is 0.474. The highest BCUT2D eigenvalue weighted by molar-refractivity contribution is 5.71. The molecule has 3 rings (SSSR count). The predicted molar refractivity (Wildman–Crippen MR) is 95.3 cm³/mol. The van der Waals surface area contributed by atoms with Gasteiger partial charge in [0.2, 0.25) is 0 Å². The Labute approximate surface area is 165 Å². The molecule has 1 aromatic heterocycles. The van der Waals surface area contributed by atoms with E-state index in [-0.39, 0.29) is 12.1 Å². The molecule has 1 aromatic carbocycles. The molecule has 0 bridgehead atoms. The van der Waals surface area contributed by atoms with Gasteiger partial charge < -0.3 is 19.0 Å². The molecule has 1 atom stereocenters. The summed E-state index contributed by atoms with van der Waals surface area (Å²) in [6.07, 6.45) is -3.07. The van der Waals surface area contributed by atoms with E-state index in [0.29, 0.717) is 41.4 Å². The van der Waals surface area contributed by atoms with Crippen molar-refractivity contribution in [3.63, 3.8) is 0 Å².